The zero-order chi connectivity index (χ0) is 39.9. The highest BCUT2D eigenvalue weighted by Gasteiger charge is 2.39. The summed E-state index contributed by atoms with van der Waals surface area (Å²) in [6.07, 6.45) is 0. The number of furan rings is 1. The third kappa shape index (κ3) is 5.10. The van der Waals surface area contributed by atoms with Crippen LogP contribution in [0.1, 0.15) is 31.8 Å². The van der Waals surface area contributed by atoms with Crippen LogP contribution in [0.25, 0.3) is 66.4 Å². The molecule has 1 heterocycles. The molecule has 0 atom stereocenters. The topological polar surface area (TPSA) is 16.4 Å². The molecule has 0 unspecified atom stereocenters. The molecule has 0 N–H and O–H groups in total. The van der Waals surface area contributed by atoms with Crippen molar-refractivity contribution >= 4 is 39.0 Å². The molecule has 252 valence electrons. The molecule has 2 heteroatoms. The second-order valence-electron chi connectivity index (χ2n) is 14.2. The van der Waals surface area contributed by atoms with E-state index in [0.29, 0.717) is 16.7 Å². The molecule has 53 heavy (non-hydrogen) atoms. The number of hydrogen-bond acceptors (Lipinski definition) is 2. The number of fused-ring (bicyclic) bond motifs is 6. The summed E-state index contributed by atoms with van der Waals surface area (Å²) in [5.74, 6) is 0. The van der Waals surface area contributed by atoms with Gasteiger partial charge >= 0.3 is 0 Å². The van der Waals surface area contributed by atoms with Crippen LogP contribution in [-0.4, -0.2) is 0 Å². The number of rotatable bonds is 6. The fourth-order valence-corrected chi connectivity index (χ4v) is 8.15. The van der Waals surface area contributed by atoms with E-state index < -0.39 is 11.5 Å². The Hall–Kier alpha value is -6.64. The first-order valence-corrected chi connectivity index (χ1v) is 17.9. The standard InChI is InChI=1S/C51H37NO/c1-51(2)44-32-41(30-31-42(44)49-45(51)33-47-50(43-20-12-13-21-46(43)53-47)48(49)38-18-10-5-11-19-38)52(39-26-22-36(23-27-39)34-14-6-3-7-15-34)40-28-24-37(25-29-40)35-16-8-4-9-17-35/h3-33H,1-2H3/i5D,10D,11D,18D,19D. The maximum Gasteiger partial charge on any atom is 0.136 e. The summed E-state index contributed by atoms with van der Waals surface area (Å²) < 4.78 is 50.6. The van der Waals surface area contributed by atoms with E-state index in [1.54, 1.807) is 0 Å². The third-order valence-corrected chi connectivity index (χ3v) is 10.8. The lowest BCUT2D eigenvalue weighted by Crippen LogP contribution is -2.16. The fraction of sp³-hybridized carbons (Fsp3) is 0.0588. The molecule has 2 nitrogen and oxygen atoms in total. The van der Waals surface area contributed by atoms with Crippen molar-refractivity contribution in [3.05, 3.63) is 199 Å². The smallest absolute Gasteiger partial charge is 0.136 e. The largest absolute Gasteiger partial charge is 0.456 e. The zero-order valence-corrected chi connectivity index (χ0v) is 29.4. The molecule has 1 aliphatic rings. The number of benzene rings is 8. The molecule has 1 aliphatic carbocycles. The summed E-state index contributed by atoms with van der Waals surface area (Å²) in [7, 11) is 0. The average molecular weight is 685 g/mol. The molecule has 0 amide bonds. The van der Waals surface area contributed by atoms with Gasteiger partial charge in [0.15, 0.2) is 0 Å². The van der Waals surface area contributed by atoms with Gasteiger partial charge in [0.05, 0.1) is 6.85 Å². The van der Waals surface area contributed by atoms with Gasteiger partial charge in [-0.2, -0.15) is 0 Å². The zero-order valence-electron chi connectivity index (χ0n) is 34.4. The molecule has 1 aromatic heterocycles. The Morgan fingerprint density at radius 3 is 1.64 bits per heavy atom. The first-order valence-electron chi connectivity index (χ1n) is 20.4. The second kappa shape index (κ2) is 12.3. The molecule has 10 rings (SSSR count). The van der Waals surface area contributed by atoms with Gasteiger partial charge < -0.3 is 9.32 Å². The molecular weight excluding hydrogens is 643 g/mol. The van der Waals surface area contributed by atoms with Crippen molar-refractivity contribution in [3.63, 3.8) is 0 Å². The lowest BCUT2D eigenvalue weighted by molar-refractivity contribution is 0.647. The van der Waals surface area contributed by atoms with Crippen LogP contribution in [0, 0.1) is 0 Å². The Morgan fingerprint density at radius 2 is 1.02 bits per heavy atom. The van der Waals surface area contributed by atoms with Crippen molar-refractivity contribution in [2.24, 2.45) is 0 Å². The van der Waals surface area contributed by atoms with Crippen molar-refractivity contribution in [1.82, 2.24) is 0 Å². The van der Waals surface area contributed by atoms with E-state index in [2.05, 4.69) is 140 Å². The SMILES string of the molecule is [2H]c1c([2H])c([2H])c(-c2c3c(cc4oc5ccccc5c24)C(C)(C)c2cc(N(c4ccc(-c5ccccc5)cc4)c4ccc(-c5ccccc5)cc4)ccc2-3)c([2H])c1[2H]. The van der Waals surface area contributed by atoms with E-state index in [1.807, 2.05) is 36.4 Å². The highest BCUT2D eigenvalue weighted by molar-refractivity contribution is 6.17. The molecular formula is C51H37NO. The lowest BCUT2D eigenvalue weighted by atomic mass is 9.81. The van der Waals surface area contributed by atoms with Gasteiger partial charge in [-0.15, -0.1) is 0 Å². The summed E-state index contributed by atoms with van der Waals surface area (Å²) in [5.41, 5.74) is 12.9. The van der Waals surface area contributed by atoms with Crippen LogP contribution < -0.4 is 4.90 Å². The summed E-state index contributed by atoms with van der Waals surface area (Å²) >= 11 is 0. The van der Waals surface area contributed by atoms with Crippen LogP contribution in [0.2, 0.25) is 0 Å². The highest BCUT2D eigenvalue weighted by atomic mass is 16.3. The summed E-state index contributed by atoms with van der Waals surface area (Å²) in [6, 6.07) is 52.7. The van der Waals surface area contributed by atoms with Crippen LogP contribution in [0.15, 0.2) is 192 Å². The second-order valence-corrected chi connectivity index (χ2v) is 14.2. The van der Waals surface area contributed by atoms with Gasteiger partial charge in [-0.05, 0) is 98.6 Å². The van der Waals surface area contributed by atoms with Gasteiger partial charge in [-0.25, -0.2) is 0 Å². The van der Waals surface area contributed by atoms with Crippen molar-refractivity contribution in [2.45, 2.75) is 19.3 Å². The Bertz CT molecular complexity index is 2950. The number of nitrogens with zero attached hydrogens (tertiary/aromatic N) is 1. The van der Waals surface area contributed by atoms with Gasteiger partial charge in [0.1, 0.15) is 11.2 Å². The molecule has 0 saturated carbocycles. The third-order valence-electron chi connectivity index (χ3n) is 10.8. The van der Waals surface area contributed by atoms with E-state index in [9.17, 15) is 0 Å². The van der Waals surface area contributed by atoms with Gasteiger partial charge in [-0.3, -0.25) is 0 Å². The summed E-state index contributed by atoms with van der Waals surface area (Å²) in [4.78, 5) is 2.28. The first kappa shape index (κ1) is 26.2. The van der Waals surface area contributed by atoms with Crippen LogP contribution in [-0.2, 0) is 5.41 Å². The molecule has 0 fully saturated rings. The van der Waals surface area contributed by atoms with Gasteiger partial charge in [0.2, 0.25) is 0 Å². The normalized spacial score (nSPS) is 14.2. The molecule has 0 aliphatic heterocycles. The minimum Gasteiger partial charge on any atom is -0.456 e. The quantitative estimate of drug-likeness (QED) is 0.173. The Morgan fingerprint density at radius 1 is 0.472 bits per heavy atom. The molecule has 0 saturated heterocycles. The Balaban J connectivity index is 1.20. The van der Waals surface area contributed by atoms with Gasteiger partial charge in [-0.1, -0.05) is 153 Å². The molecule has 0 radical (unpaired) electrons. The Labute approximate surface area is 317 Å². The van der Waals surface area contributed by atoms with E-state index >= 15 is 0 Å². The van der Waals surface area contributed by atoms with E-state index in [-0.39, 0.29) is 29.7 Å². The minimum absolute atomic E-state index is 0.172. The number of hydrogen-bond donors (Lipinski definition) is 0. The average Bonchev–Trinajstić information content (AvgIpc) is 3.74. The van der Waals surface area contributed by atoms with E-state index in [0.717, 1.165) is 72.3 Å². The lowest BCUT2D eigenvalue weighted by Gasteiger charge is -2.28. The minimum atomic E-state index is -0.546. The van der Waals surface area contributed by atoms with Crippen LogP contribution >= 0.6 is 0 Å². The molecule has 0 bridgehead atoms. The fourth-order valence-electron chi connectivity index (χ4n) is 8.15. The van der Waals surface area contributed by atoms with Crippen molar-refractivity contribution in [1.29, 1.82) is 0 Å². The number of para-hydroxylation sites is 1. The monoisotopic (exact) mass is 684 g/mol. The molecule has 9 aromatic rings. The van der Waals surface area contributed by atoms with Crippen LogP contribution in [0.4, 0.5) is 17.1 Å². The predicted octanol–water partition coefficient (Wildman–Crippen LogP) is 14.4. The maximum atomic E-state index is 9.17. The van der Waals surface area contributed by atoms with Gasteiger partial charge in [0, 0.05) is 38.8 Å². The maximum absolute atomic E-state index is 9.17. The van der Waals surface area contributed by atoms with Crippen molar-refractivity contribution in [2.75, 3.05) is 4.90 Å². The van der Waals surface area contributed by atoms with Crippen molar-refractivity contribution in [3.8, 4) is 44.5 Å². The first-order chi connectivity index (χ1) is 28.1. The van der Waals surface area contributed by atoms with Crippen LogP contribution in [0.5, 0.6) is 0 Å². The van der Waals surface area contributed by atoms with Gasteiger partial charge in [0.25, 0.3) is 0 Å². The highest BCUT2D eigenvalue weighted by Crippen LogP contribution is 2.56. The molecule has 0 spiro atoms. The predicted molar refractivity (Wildman–Crippen MR) is 222 cm³/mol. The summed E-state index contributed by atoms with van der Waals surface area (Å²) in [6.45, 7) is 4.38. The summed E-state index contributed by atoms with van der Waals surface area (Å²) in [5, 5.41) is 1.56. The van der Waals surface area contributed by atoms with Crippen molar-refractivity contribution < 1.29 is 11.3 Å². The number of anilines is 3. The van der Waals surface area contributed by atoms with Crippen LogP contribution in [0.3, 0.4) is 0 Å². The molecule has 8 aromatic carbocycles. The van der Waals surface area contributed by atoms with E-state index in [1.165, 1.54) is 0 Å². The Kier molecular flexibility index (Phi) is 6.05. The van der Waals surface area contributed by atoms with E-state index in [4.69, 9.17) is 11.3 Å².